The van der Waals surface area contributed by atoms with Crippen molar-refractivity contribution in [3.8, 4) is 0 Å². The standard InChI is InChI=1S/C18H29N2O5P/c1-6-11-8-13(20(10-11)16(23)24-17(3,4)5)14(21)19-18(15(22)25-26)9-12(18)7-2/h7,11-13H,2,6,8-10,26H2,1,3-5H3,(H,19,21)/t11-,12?,13+,18?/m1/s1. The molecular weight excluding hydrogens is 355 g/mol. The summed E-state index contributed by atoms with van der Waals surface area (Å²) in [6, 6.07) is -0.657. The van der Waals surface area contributed by atoms with Crippen LogP contribution in [0.4, 0.5) is 4.79 Å². The molecule has 3 unspecified atom stereocenters. The molecular formula is C18H29N2O5P. The maximum atomic E-state index is 12.9. The Morgan fingerprint density at radius 3 is 2.50 bits per heavy atom. The van der Waals surface area contributed by atoms with Gasteiger partial charge >= 0.3 is 12.1 Å². The summed E-state index contributed by atoms with van der Waals surface area (Å²) >= 11 is 0. The topological polar surface area (TPSA) is 84.9 Å². The van der Waals surface area contributed by atoms with Gasteiger partial charge in [0.15, 0.2) is 0 Å². The van der Waals surface area contributed by atoms with E-state index in [-0.39, 0.29) is 17.7 Å². The van der Waals surface area contributed by atoms with E-state index < -0.39 is 29.2 Å². The van der Waals surface area contributed by atoms with Gasteiger partial charge in [0.05, 0.1) is 9.47 Å². The molecule has 0 aromatic carbocycles. The number of ether oxygens (including phenoxy) is 1. The van der Waals surface area contributed by atoms with E-state index in [0.717, 1.165) is 6.42 Å². The number of hydrogen-bond donors (Lipinski definition) is 1. The molecule has 2 fully saturated rings. The SMILES string of the molecule is C=CC1CC1(NC(=O)[C@@H]1C[C@@H](CC)CN1C(=O)OC(C)(C)C)C(=O)OP. The average Bonchev–Trinajstić information content (AvgIpc) is 3.09. The fourth-order valence-electron chi connectivity index (χ4n) is 3.40. The van der Waals surface area contributed by atoms with Crippen LogP contribution < -0.4 is 5.32 Å². The second-order valence-corrected chi connectivity index (χ2v) is 8.31. The number of carbonyl (C=O) groups excluding carboxylic acids is 3. The van der Waals surface area contributed by atoms with Gasteiger partial charge < -0.3 is 14.6 Å². The third-order valence-electron chi connectivity index (χ3n) is 5.01. The molecule has 5 atom stereocenters. The molecule has 7 nitrogen and oxygen atoms in total. The normalized spacial score (nSPS) is 30.5. The van der Waals surface area contributed by atoms with Gasteiger partial charge in [-0.05, 0) is 39.5 Å². The van der Waals surface area contributed by atoms with Crippen LogP contribution in [0.3, 0.4) is 0 Å². The van der Waals surface area contributed by atoms with Gasteiger partial charge in [0, 0.05) is 12.5 Å². The van der Waals surface area contributed by atoms with Crippen molar-refractivity contribution in [1.82, 2.24) is 10.2 Å². The Labute approximate surface area is 157 Å². The van der Waals surface area contributed by atoms with Crippen LogP contribution in [0.1, 0.15) is 47.0 Å². The van der Waals surface area contributed by atoms with E-state index in [0.29, 0.717) is 19.4 Å². The lowest BCUT2D eigenvalue weighted by molar-refractivity contribution is -0.140. The minimum Gasteiger partial charge on any atom is -0.450 e. The molecule has 0 aromatic heterocycles. The number of carbonyl (C=O) groups is 3. The second kappa shape index (κ2) is 7.55. The lowest BCUT2D eigenvalue weighted by Crippen LogP contribution is -2.53. The van der Waals surface area contributed by atoms with Crippen LogP contribution in [-0.2, 0) is 18.8 Å². The minimum absolute atomic E-state index is 0.169. The number of rotatable bonds is 5. The second-order valence-electron chi connectivity index (χ2n) is 8.07. The van der Waals surface area contributed by atoms with E-state index in [1.807, 2.05) is 16.4 Å². The molecule has 2 aliphatic rings. The van der Waals surface area contributed by atoms with Crippen LogP contribution in [-0.4, -0.2) is 46.6 Å². The molecule has 0 bridgehead atoms. The molecule has 26 heavy (non-hydrogen) atoms. The van der Waals surface area contributed by atoms with Gasteiger partial charge in [-0.1, -0.05) is 19.4 Å². The van der Waals surface area contributed by atoms with Gasteiger partial charge in [0.1, 0.15) is 17.2 Å². The van der Waals surface area contributed by atoms with Gasteiger partial charge in [-0.2, -0.15) is 0 Å². The summed E-state index contributed by atoms with van der Waals surface area (Å²) in [7, 11) is 1.92. The summed E-state index contributed by atoms with van der Waals surface area (Å²) in [5.41, 5.74) is -1.72. The Morgan fingerprint density at radius 1 is 1.38 bits per heavy atom. The van der Waals surface area contributed by atoms with E-state index in [1.54, 1.807) is 26.8 Å². The zero-order valence-electron chi connectivity index (χ0n) is 15.9. The molecule has 1 saturated heterocycles. The zero-order chi connectivity index (χ0) is 19.7. The Morgan fingerprint density at radius 2 is 2.04 bits per heavy atom. The first kappa shape index (κ1) is 20.7. The van der Waals surface area contributed by atoms with Gasteiger partial charge in [-0.3, -0.25) is 9.69 Å². The summed E-state index contributed by atoms with van der Waals surface area (Å²) in [5, 5.41) is 2.81. The molecule has 1 heterocycles. The third kappa shape index (κ3) is 4.20. The van der Waals surface area contributed by atoms with Crippen LogP contribution >= 0.6 is 9.47 Å². The first-order chi connectivity index (χ1) is 12.1. The van der Waals surface area contributed by atoms with Crippen LogP contribution in [0.15, 0.2) is 12.7 Å². The molecule has 1 saturated carbocycles. The van der Waals surface area contributed by atoms with Crippen LogP contribution in [0.25, 0.3) is 0 Å². The first-order valence-corrected chi connectivity index (χ1v) is 9.40. The van der Waals surface area contributed by atoms with E-state index in [2.05, 4.69) is 11.9 Å². The highest BCUT2D eigenvalue weighted by Gasteiger charge is 2.61. The van der Waals surface area contributed by atoms with Crippen molar-refractivity contribution < 1.29 is 23.6 Å². The predicted molar refractivity (Wildman–Crippen MR) is 100 cm³/mol. The molecule has 8 heteroatoms. The minimum atomic E-state index is -1.08. The third-order valence-corrected chi connectivity index (χ3v) is 5.23. The van der Waals surface area contributed by atoms with Crippen molar-refractivity contribution in [1.29, 1.82) is 0 Å². The molecule has 1 aliphatic heterocycles. The maximum Gasteiger partial charge on any atom is 0.410 e. The van der Waals surface area contributed by atoms with Crippen molar-refractivity contribution in [2.45, 2.75) is 64.1 Å². The summed E-state index contributed by atoms with van der Waals surface area (Å²) in [6.45, 7) is 11.6. The van der Waals surface area contributed by atoms with E-state index >= 15 is 0 Å². The van der Waals surface area contributed by atoms with E-state index in [9.17, 15) is 14.4 Å². The molecule has 146 valence electrons. The van der Waals surface area contributed by atoms with Crippen LogP contribution in [0, 0.1) is 11.8 Å². The quantitative estimate of drug-likeness (QED) is 0.581. The van der Waals surface area contributed by atoms with E-state index in [1.165, 1.54) is 4.90 Å². The largest absolute Gasteiger partial charge is 0.450 e. The fraction of sp³-hybridized carbons (Fsp3) is 0.722. The molecule has 2 amide bonds. The van der Waals surface area contributed by atoms with Gasteiger partial charge in [-0.15, -0.1) is 6.58 Å². The summed E-state index contributed by atoms with van der Waals surface area (Å²) in [5.74, 6) is -0.823. The van der Waals surface area contributed by atoms with Gasteiger partial charge in [0.25, 0.3) is 0 Å². The Bertz CT molecular complexity index is 603. The highest BCUT2D eigenvalue weighted by molar-refractivity contribution is 7.10. The van der Waals surface area contributed by atoms with Crippen molar-refractivity contribution in [3.63, 3.8) is 0 Å². The average molecular weight is 384 g/mol. The van der Waals surface area contributed by atoms with Crippen molar-refractivity contribution in [2.75, 3.05) is 6.54 Å². The highest BCUT2D eigenvalue weighted by Crippen LogP contribution is 2.46. The molecule has 1 aliphatic carbocycles. The molecule has 0 aromatic rings. The Hall–Kier alpha value is -1.62. The van der Waals surface area contributed by atoms with Crippen molar-refractivity contribution in [2.24, 2.45) is 11.8 Å². The Kier molecular flexibility index (Phi) is 6.01. The number of hydrogen-bond acceptors (Lipinski definition) is 5. The number of nitrogens with zero attached hydrogens (tertiary/aromatic N) is 1. The monoisotopic (exact) mass is 384 g/mol. The lowest BCUT2D eigenvalue weighted by atomic mass is 10.0. The molecule has 0 radical (unpaired) electrons. The summed E-state index contributed by atoms with van der Waals surface area (Å²) in [4.78, 5) is 39.1. The zero-order valence-corrected chi connectivity index (χ0v) is 17.1. The smallest absolute Gasteiger partial charge is 0.410 e. The van der Waals surface area contributed by atoms with Crippen molar-refractivity contribution >= 4 is 27.4 Å². The predicted octanol–water partition coefficient (Wildman–Crippen LogP) is 2.42. The summed E-state index contributed by atoms with van der Waals surface area (Å²) in [6.07, 6.45) is 2.99. The van der Waals surface area contributed by atoms with Crippen LogP contribution in [0.2, 0.25) is 0 Å². The number of nitrogens with one attached hydrogen (secondary N) is 1. The fourth-order valence-corrected chi connectivity index (χ4v) is 3.61. The van der Waals surface area contributed by atoms with Crippen molar-refractivity contribution in [3.05, 3.63) is 12.7 Å². The van der Waals surface area contributed by atoms with Gasteiger partial charge in [0.2, 0.25) is 5.91 Å². The lowest BCUT2D eigenvalue weighted by Gasteiger charge is -2.29. The number of amides is 2. The maximum absolute atomic E-state index is 12.9. The molecule has 0 spiro atoms. The van der Waals surface area contributed by atoms with Crippen LogP contribution in [0.5, 0.6) is 0 Å². The molecule has 1 N–H and O–H groups in total. The first-order valence-electron chi connectivity index (χ1n) is 8.93. The van der Waals surface area contributed by atoms with E-state index in [4.69, 9.17) is 9.26 Å². The van der Waals surface area contributed by atoms with Gasteiger partial charge in [-0.25, -0.2) is 9.59 Å². The molecule has 2 rings (SSSR count). The Balaban J connectivity index is 2.15. The highest BCUT2D eigenvalue weighted by atomic mass is 31.0. The number of likely N-dealkylation sites (tertiary alicyclic amines) is 1. The summed E-state index contributed by atoms with van der Waals surface area (Å²) < 4.78 is 10.2.